The monoisotopic (exact) mass is 278 g/mol. The Balaban J connectivity index is 0.00000180. The summed E-state index contributed by atoms with van der Waals surface area (Å²) in [5.41, 5.74) is 7.45. The van der Waals surface area contributed by atoms with Gasteiger partial charge in [0.15, 0.2) is 0 Å². The SMILES string of the molecule is Cl.Nc1ccc(N=Nc2ccc([N+](=O)[O-])cc2)cc1. The highest BCUT2D eigenvalue weighted by molar-refractivity contribution is 5.85. The van der Waals surface area contributed by atoms with E-state index in [4.69, 9.17) is 5.73 Å². The van der Waals surface area contributed by atoms with E-state index >= 15 is 0 Å². The largest absolute Gasteiger partial charge is 0.399 e. The highest BCUT2D eigenvalue weighted by atomic mass is 35.5. The van der Waals surface area contributed by atoms with E-state index in [1.807, 2.05) is 0 Å². The molecule has 98 valence electrons. The molecule has 0 fully saturated rings. The molecule has 19 heavy (non-hydrogen) atoms. The van der Waals surface area contributed by atoms with Crippen LogP contribution in [0.5, 0.6) is 0 Å². The molecule has 2 aromatic rings. The molecule has 0 saturated heterocycles. The minimum absolute atomic E-state index is 0. The van der Waals surface area contributed by atoms with Gasteiger partial charge in [-0.15, -0.1) is 12.4 Å². The lowest BCUT2D eigenvalue weighted by molar-refractivity contribution is -0.384. The second-order valence-corrected chi connectivity index (χ2v) is 3.57. The van der Waals surface area contributed by atoms with E-state index in [1.165, 1.54) is 12.1 Å². The Bertz CT molecular complexity index is 582. The second kappa shape index (κ2) is 6.46. The van der Waals surface area contributed by atoms with E-state index in [9.17, 15) is 10.1 Å². The predicted molar refractivity (Wildman–Crippen MR) is 75.4 cm³/mol. The van der Waals surface area contributed by atoms with Gasteiger partial charge in [0.1, 0.15) is 0 Å². The molecule has 0 aliphatic carbocycles. The van der Waals surface area contributed by atoms with Crippen molar-refractivity contribution in [3.8, 4) is 0 Å². The summed E-state index contributed by atoms with van der Waals surface area (Å²) in [5, 5.41) is 18.4. The average Bonchev–Trinajstić information content (AvgIpc) is 2.38. The van der Waals surface area contributed by atoms with Crippen LogP contribution in [0.2, 0.25) is 0 Å². The molecule has 0 amide bonds. The number of hydrogen-bond acceptors (Lipinski definition) is 5. The van der Waals surface area contributed by atoms with Gasteiger partial charge in [-0.2, -0.15) is 10.2 Å². The van der Waals surface area contributed by atoms with Gasteiger partial charge in [0.25, 0.3) is 5.69 Å². The Labute approximate surface area is 115 Å². The van der Waals surface area contributed by atoms with E-state index in [1.54, 1.807) is 36.4 Å². The third-order valence-electron chi connectivity index (χ3n) is 2.23. The predicted octanol–water partition coefficient (Wildman–Crippen LogP) is 4.01. The Kier molecular flexibility index (Phi) is 4.96. The molecule has 0 aromatic heterocycles. The van der Waals surface area contributed by atoms with Gasteiger partial charge in [-0.05, 0) is 36.4 Å². The number of rotatable bonds is 3. The molecule has 6 nitrogen and oxygen atoms in total. The first-order chi connectivity index (χ1) is 8.65. The van der Waals surface area contributed by atoms with Crippen LogP contribution >= 0.6 is 12.4 Å². The lowest BCUT2D eigenvalue weighted by Gasteiger charge is -1.94. The summed E-state index contributed by atoms with van der Waals surface area (Å²) in [6.07, 6.45) is 0. The van der Waals surface area contributed by atoms with Crippen molar-refractivity contribution in [2.75, 3.05) is 5.73 Å². The number of benzene rings is 2. The Morgan fingerprint density at radius 1 is 0.895 bits per heavy atom. The molecular weight excluding hydrogens is 268 g/mol. The number of nitro groups is 1. The highest BCUT2D eigenvalue weighted by Gasteiger charge is 2.02. The topological polar surface area (TPSA) is 93.9 Å². The van der Waals surface area contributed by atoms with Crippen molar-refractivity contribution in [1.82, 2.24) is 0 Å². The van der Waals surface area contributed by atoms with Gasteiger partial charge in [-0.25, -0.2) is 0 Å². The summed E-state index contributed by atoms with van der Waals surface area (Å²) >= 11 is 0. The van der Waals surface area contributed by atoms with Gasteiger partial charge in [0.2, 0.25) is 0 Å². The molecule has 2 aromatic carbocycles. The fourth-order valence-electron chi connectivity index (χ4n) is 1.30. The van der Waals surface area contributed by atoms with Gasteiger partial charge in [0.05, 0.1) is 16.3 Å². The number of nitrogens with two attached hydrogens (primary N) is 1. The van der Waals surface area contributed by atoms with Gasteiger partial charge < -0.3 is 5.73 Å². The quantitative estimate of drug-likeness (QED) is 0.398. The van der Waals surface area contributed by atoms with Crippen molar-refractivity contribution in [3.63, 3.8) is 0 Å². The molecule has 0 aliphatic rings. The molecule has 0 unspecified atom stereocenters. The van der Waals surface area contributed by atoms with Crippen LogP contribution in [0.15, 0.2) is 58.8 Å². The van der Waals surface area contributed by atoms with Gasteiger partial charge in [-0.1, -0.05) is 0 Å². The van der Waals surface area contributed by atoms with Crippen molar-refractivity contribution in [3.05, 3.63) is 58.6 Å². The van der Waals surface area contributed by atoms with Crippen molar-refractivity contribution in [1.29, 1.82) is 0 Å². The van der Waals surface area contributed by atoms with E-state index in [2.05, 4.69) is 10.2 Å². The molecule has 0 aliphatic heterocycles. The van der Waals surface area contributed by atoms with E-state index in [0.29, 0.717) is 17.1 Å². The van der Waals surface area contributed by atoms with Crippen molar-refractivity contribution in [2.45, 2.75) is 0 Å². The number of hydrogen-bond donors (Lipinski definition) is 1. The van der Waals surface area contributed by atoms with E-state index < -0.39 is 4.92 Å². The molecule has 7 heteroatoms. The molecule has 0 heterocycles. The first-order valence-electron chi connectivity index (χ1n) is 5.17. The number of non-ortho nitro benzene ring substituents is 1. The fourth-order valence-corrected chi connectivity index (χ4v) is 1.30. The van der Waals surface area contributed by atoms with E-state index in [-0.39, 0.29) is 18.1 Å². The summed E-state index contributed by atoms with van der Waals surface area (Å²) in [7, 11) is 0. The molecule has 2 rings (SSSR count). The minimum Gasteiger partial charge on any atom is -0.399 e. The average molecular weight is 279 g/mol. The molecule has 2 N–H and O–H groups in total. The molecule has 0 bridgehead atoms. The number of nitro benzene ring substituents is 1. The Morgan fingerprint density at radius 3 is 1.74 bits per heavy atom. The first-order valence-corrected chi connectivity index (χ1v) is 5.17. The maximum Gasteiger partial charge on any atom is 0.269 e. The summed E-state index contributed by atoms with van der Waals surface area (Å²) in [6.45, 7) is 0. The lowest BCUT2D eigenvalue weighted by atomic mass is 10.3. The number of nitrogen functional groups attached to an aromatic ring is 1. The van der Waals surface area contributed by atoms with Gasteiger partial charge in [0, 0.05) is 17.8 Å². The van der Waals surface area contributed by atoms with Crippen LogP contribution in [-0.2, 0) is 0 Å². The summed E-state index contributed by atoms with van der Waals surface area (Å²) < 4.78 is 0. The Morgan fingerprint density at radius 2 is 1.32 bits per heavy atom. The molecule has 0 radical (unpaired) electrons. The molecule has 0 atom stereocenters. The van der Waals surface area contributed by atoms with Crippen LogP contribution in [0.1, 0.15) is 0 Å². The van der Waals surface area contributed by atoms with E-state index in [0.717, 1.165) is 0 Å². The normalized spacial score (nSPS) is 10.1. The molecule has 0 saturated carbocycles. The molecular formula is C12H11ClN4O2. The second-order valence-electron chi connectivity index (χ2n) is 3.57. The maximum atomic E-state index is 10.5. The van der Waals surface area contributed by atoms with Crippen molar-refractivity contribution < 1.29 is 4.92 Å². The summed E-state index contributed by atoms with van der Waals surface area (Å²) in [6, 6.07) is 12.8. The minimum atomic E-state index is -0.457. The number of azo groups is 1. The fraction of sp³-hybridized carbons (Fsp3) is 0. The number of anilines is 1. The third-order valence-corrected chi connectivity index (χ3v) is 2.23. The zero-order valence-electron chi connectivity index (χ0n) is 9.76. The van der Waals surface area contributed by atoms with Crippen LogP contribution in [0, 0.1) is 10.1 Å². The number of halogens is 1. The molecule has 0 spiro atoms. The van der Waals surface area contributed by atoms with Crippen LogP contribution in [0.4, 0.5) is 22.7 Å². The van der Waals surface area contributed by atoms with Gasteiger partial charge in [-0.3, -0.25) is 10.1 Å². The maximum absolute atomic E-state index is 10.5. The van der Waals surface area contributed by atoms with Crippen LogP contribution in [0.25, 0.3) is 0 Å². The van der Waals surface area contributed by atoms with Crippen LogP contribution in [-0.4, -0.2) is 4.92 Å². The standard InChI is InChI=1S/C12H10N4O2.ClH/c13-9-1-3-10(4-2-9)14-15-11-5-7-12(8-6-11)16(17)18;/h1-8H,13H2;1H. The Hall–Kier alpha value is -2.47. The highest BCUT2D eigenvalue weighted by Crippen LogP contribution is 2.21. The summed E-state index contributed by atoms with van der Waals surface area (Å²) in [5.74, 6) is 0. The smallest absolute Gasteiger partial charge is 0.269 e. The van der Waals surface area contributed by atoms with Crippen LogP contribution < -0.4 is 5.73 Å². The first kappa shape index (κ1) is 14.6. The third kappa shape index (κ3) is 4.04. The zero-order chi connectivity index (χ0) is 13.0. The number of nitrogens with zero attached hydrogens (tertiary/aromatic N) is 3. The van der Waals surface area contributed by atoms with Crippen molar-refractivity contribution in [2.24, 2.45) is 10.2 Å². The van der Waals surface area contributed by atoms with Crippen LogP contribution in [0.3, 0.4) is 0 Å². The van der Waals surface area contributed by atoms with Crippen molar-refractivity contribution >= 4 is 35.2 Å². The lowest BCUT2D eigenvalue weighted by Crippen LogP contribution is -1.85. The van der Waals surface area contributed by atoms with Gasteiger partial charge >= 0.3 is 0 Å². The zero-order valence-corrected chi connectivity index (χ0v) is 10.6. The summed E-state index contributed by atoms with van der Waals surface area (Å²) in [4.78, 5) is 10.0.